The molecule has 0 atom stereocenters. The molecule has 0 radical (unpaired) electrons. The van der Waals surface area contributed by atoms with Gasteiger partial charge >= 0.3 is 0 Å². The number of halogens is 2. The Kier molecular flexibility index (Phi) is 8.62. The summed E-state index contributed by atoms with van der Waals surface area (Å²) >= 11 is 0. The smallest absolute Gasteiger partial charge is 0.257 e. The van der Waals surface area contributed by atoms with E-state index < -0.39 is 23.1 Å². The number of likely N-dealkylation sites (N-methyl/N-ethyl adjacent to an activating group) is 2. The predicted molar refractivity (Wildman–Crippen MR) is 157 cm³/mol. The topological polar surface area (TPSA) is 105 Å². The first-order chi connectivity index (χ1) is 19.5. The summed E-state index contributed by atoms with van der Waals surface area (Å²) in [5.74, 6) is -1.54. The maximum absolute atomic E-state index is 14.0. The van der Waals surface area contributed by atoms with Crippen molar-refractivity contribution < 1.29 is 18.3 Å². The van der Waals surface area contributed by atoms with Crippen molar-refractivity contribution in [3.05, 3.63) is 82.8 Å². The highest BCUT2D eigenvalue weighted by Crippen LogP contribution is 2.38. The van der Waals surface area contributed by atoms with Gasteiger partial charge in [-0.05, 0) is 50.9 Å². The Bertz CT molecular complexity index is 1670. The van der Waals surface area contributed by atoms with Crippen LogP contribution < -0.4 is 25.8 Å². The number of amides is 1. The number of nitrogens with one attached hydrogen (secondary N) is 2. The van der Waals surface area contributed by atoms with Crippen molar-refractivity contribution in [2.75, 3.05) is 56.9 Å². The van der Waals surface area contributed by atoms with E-state index in [2.05, 4.69) is 27.2 Å². The van der Waals surface area contributed by atoms with E-state index in [-0.39, 0.29) is 17.3 Å². The molecular formula is C29H31F2N7O3. The van der Waals surface area contributed by atoms with Gasteiger partial charge in [-0.1, -0.05) is 6.58 Å². The van der Waals surface area contributed by atoms with Crippen molar-refractivity contribution in [2.24, 2.45) is 0 Å². The minimum Gasteiger partial charge on any atom is -0.494 e. The van der Waals surface area contributed by atoms with Gasteiger partial charge in [-0.3, -0.25) is 14.2 Å². The van der Waals surface area contributed by atoms with Gasteiger partial charge in [-0.25, -0.2) is 13.8 Å². The molecular weight excluding hydrogens is 532 g/mol. The lowest BCUT2D eigenvalue weighted by atomic mass is 10.2. The number of ether oxygens (including phenoxy) is 1. The first-order valence-corrected chi connectivity index (χ1v) is 12.6. The van der Waals surface area contributed by atoms with Crippen LogP contribution in [0, 0.1) is 18.6 Å². The van der Waals surface area contributed by atoms with Gasteiger partial charge in [0.15, 0.2) is 5.65 Å². The van der Waals surface area contributed by atoms with Crippen LogP contribution in [0.4, 0.5) is 31.8 Å². The molecule has 214 valence electrons. The lowest BCUT2D eigenvalue weighted by molar-refractivity contribution is -0.111. The van der Waals surface area contributed by atoms with Crippen molar-refractivity contribution in [3.8, 4) is 11.4 Å². The third-order valence-corrected chi connectivity index (χ3v) is 6.37. The lowest BCUT2D eigenvalue weighted by Crippen LogP contribution is -2.29. The number of benzene rings is 2. The molecule has 2 N–H and O–H groups in total. The molecule has 0 spiro atoms. The highest BCUT2D eigenvalue weighted by molar-refractivity contribution is 6.02. The van der Waals surface area contributed by atoms with Gasteiger partial charge in [0.05, 0.1) is 29.9 Å². The monoisotopic (exact) mass is 563 g/mol. The van der Waals surface area contributed by atoms with Gasteiger partial charge in [-0.15, -0.1) is 0 Å². The largest absolute Gasteiger partial charge is 0.494 e. The molecule has 2 aromatic carbocycles. The SMILES string of the molecule is C=CC(=O)Nc1cc(Nc2ncc3c(C)cc(=O)n(-c4cc(F)cc(F)c4)c3n2)c(OC)cc1N(C)CCN(C)C. The Morgan fingerprint density at radius 2 is 1.78 bits per heavy atom. The summed E-state index contributed by atoms with van der Waals surface area (Å²) in [6.45, 7) is 6.70. The number of hydrogen-bond donors (Lipinski definition) is 2. The summed E-state index contributed by atoms with van der Waals surface area (Å²) < 4.78 is 34.9. The van der Waals surface area contributed by atoms with Crippen LogP contribution in [-0.4, -0.2) is 66.7 Å². The Morgan fingerprint density at radius 3 is 2.41 bits per heavy atom. The van der Waals surface area contributed by atoms with Crippen LogP contribution >= 0.6 is 0 Å². The standard InChI is InChI=1S/C29H31F2N7O3/c1-7-26(39)33-22-14-23(25(41-6)15-24(22)37(5)9-8-36(3)4)34-29-32-16-21-17(2)10-27(40)38(28(21)35-29)20-12-18(30)11-19(31)13-20/h7,10-16H,1,8-9H2,2-6H3,(H,33,39)(H,32,34,35). The predicted octanol–water partition coefficient (Wildman–Crippen LogP) is 4.24. The van der Waals surface area contributed by atoms with Crippen LogP contribution in [0.2, 0.25) is 0 Å². The van der Waals surface area contributed by atoms with Crippen LogP contribution in [0.25, 0.3) is 16.7 Å². The molecule has 41 heavy (non-hydrogen) atoms. The molecule has 4 aromatic rings. The molecule has 0 saturated heterocycles. The number of carbonyl (C=O) groups excluding carboxylic acids is 1. The van der Waals surface area contributed by atoms with Crippen LogP contribution in [0.15, 0.2) is 60.0 Å². The maximum atomic E-state index is 14.0. The number of carbonyl (C=O) groups is 1. The Labute approximate surface area is 235 Å². The number of pyridine rings is 1. The second-order valence-electron chi connectivity index (χ2n) is 9.67. The van der Waals surface area contributed by atoms with E-state index in [0.717, 1.165) is 29.3 Å². The second-order valence-corrected chi connectivity index (χ2v) is 9.67. The van der Waals surface area contributed by atoms with Gasteiger partial charge in [0, 0.05) is 49.9 Å². The zero-order valence-corrected chi connectivity index (χ0v) is 23.5. The van der Waals surface area contributed by atoms with Crippen LogP contribution in [0.3, 0.4) is 0 Å². The van der Waals surface area contributed by atoms with E-state index in [9.17, 15) is 18.4 Å². The van der Waals surface area contributed by atoms with Crippen LogP contribution in [0.1, 0.15) is 5.56 Å². The summed E-state index contributed by atoms with van der Waals surface area (Å²) in [4.78, 5) is 38.2. The molecule has 12 heteroatoms. The zero-order valence-electron chi connectivity index (χ0n) is 23.5. The summed E-state index contributed by atoms with van der Waals surface area (Å²) in [7, 11) is 7.35. The average molecular weight is 564 g/mol. The molecule has 0 saturated carbocycles. The van der Waals surface area contributed by atoms with Crippen molar-refractivity contribution in [2.45, 2.75) is 6.92 Å². The number of hydrogen-bond acceptors (Lipinski definition) is 8. The van der Waals surface area contributed by atoms with E-state index in [0.29, 0.717) is 40.3 Å². The molecule has 1 amide bonds. The van der Waals surface area contributed by atoms with Crippen molar-refractivity contribution in [1.29, 1.82) is 0 Å². The first-order valence-electron chi connectivity index (χ1n) is 12.6. The number of fused-ring (bicyclic) bond motifs is 1. The fraction of sp³-hybridized carbons (Fsp3) is 0.241. The quantitative estimate of drug-likeness (QED) is 0.276. The average Bonchev–Trinajstić information content (AvgIpc) is 2.91. The minimum atomic E-state index is -0.831. The highest BCUT2D eigenvalue weighted by atomic mass is 19.1. The van der Waals surface area contributed by atoms with E-state index in [1.807, 2.05) is 30.9 Å². The fourth-order valence-electron chi connectivity index (χ4n) is 4.26. The summed E-state index contributed by atoms with van der Waals surface area (Å²) in [6, 6.07) is 7.64. The summed E-state index contributed by atoms with van der Waals surface area (Å²) in [5, 5.41) is 6.43. The van der Waals surface area contributed by atoms with Gasteiger partial charge in [-0.2, -0.15) is 4.98 Å². The normalized spacial score (nSPS) is 11.0. The number of rotatable bonds is 10. The maximum Gasteiger partial charge on any atom is 0.257 e. The molecule has 4 rings (SSSR count). The third kappa shape index (κ3) is 6.49. The number of methoxy groups -OCH3 is 1. The molecule has 0 aliphatic carbocycles. The van der Waals surface area contributed by atoms with Gasteiger partial charge in [0.25, 0.3) is 5.56 Å². The van der Waals surface area contributed by atoms with Gasteiger partial charge in [0.2, 0.25) is 11.9 Å². The Morgan fingerprint density at radius 1 is 1.07 bits per heavy atom. The van der Waals surface area contributed by atoms with Crippen molar-refractivity contribution >= 4 is 40.0 Å². The molecule has 2 aromatic heterocycles. The Balaban J connectivity index is 1.83. The Hall–Kier alpha value is -4.84. The number of anilines is 4. The lowest BCUT2D eigenvalue weighted by Gasteiger charge is -2.26. The van der Waals surface area contributed by atoms with Gasteiger partial charge < -0.3 is 25.2 Å². The highest BCUT2D eigenvalue weighted by Gasteiger charge is 2.18. The molecule has 0 bridgehead atoms. The van der Waals surface area contributed by atoms with E-state index in [4.69, 9.17) is 4.74 Å². The van der Waals surface area contributed by atoms with E-state index in [1.54, 1.807) is 19.1 Å². The van der Waals surface area contributed by atoms with Crippen LogP contribution in [-0.2, 0) is 4.79 Å². The molecule has 0 aliphatic rings. The molecule has 2 heterocycles. The first kappa shape index (κ1) is 29.2. The zero-order chi connectivity index (χ0) is 29.8. The minimum absolute atomic E-state index is 0.0146. The van der Waals surface area contributed by atoms with E-state index >= 15 is 0 Å². The molecule has 10 nitrogen and oxygen atoms in total. The van der Waals surface area contributed by atoms with Gasteiger partial charge in [0.1, 0.15) is 17.4 Å². The third-order valence-electron chi connectivity index (χ3n) is 6.37. The number of aryl methyl sites for hydroxylation is 1. The fourth-order valence-corrected chi connectivity index (χ4v) is 4.26. The molecule has 0 fully saturated rings. The van der Waals surface area contributed by atoms with Crippen LogP contribution in [0.5, 0.6) is 5.75 Å². The number of nitrogens with zero attached hydrogens (tertiary/aromatic N) is 5. The second kappa shape index (κ2) is 12.1. The number of aromatic nitrogens is 3. The summed E-state index contributed by atoms with van der Waals surface area (Å²) in [5.41, 5.74) is 1.85. The summed E-state index contributed by atoms with van der Waals surface area (Å²) in [6.07, 6.45) is 2.69. The van der Waals surface area contributed by atoms with Crippen molar-refractivity contribution in [3.63, 3.8) is 0 Å². The van der Waals surface area contributed by atoms with Crippen molar-refractivity contribution in [1.82, 2.24) is 19.4 Å². The molecule has 0 unspecified atom stereocenters. The molecule has 0 aliphatic heterocycles. The van der Waals surface area contributed by atoms with E-state index in [1.165, 1.54) is 25.4 Å².